The van der Waals surface area contributed by atoms with E-state index in [-0.39, 0.29) is 5.82 Å². The quantitative estimate of drug-likeness (QED) is 0.845. The molecule has 1 N–H and O–H groups in total. The number of nitrogens with one attached hydrogen (secondary N) is 1. The molecule has 2 aromatic rings. The van der Waals surface area contributed by atoms with E-state index in [0.717, 1.165) is 49.4 Å². The Morgan fingerprint density at radius 2 is 1.96 bits per heavy atom. The molecule has 1 unspecified atom stereocenters. The molecule has 0 aromatic heterocycles. The summed E-state index contributed by atoms with van der Waals surface area (Å²) in [5.74, 6) is 0.629. The number of rotatable bonds is 7. The van der Waals surface area contributed by atoms with Gasteiger partial charge < -0.3 is 14.8 Å². The van der Waals surface area contributed by atoms with Crippen LogP contribution in [-0.4, -0.2) is 19.3 Å². The molecule has 0 spiro atoms. The van der Waals surface area contributed by atoms with E-state index in [1.54, 1.807) is 12.1 Å². The zero-order valence-corrected chi connectivity index (χ0v) is 13.1. The monoisotopic (exact) mass is 315 g/mol. The summed E-state index contributed by atoms with van der Waals surface area (Å²) in [6, 6.07) is 14.4. The molecule has 0 aliphatic carbocycles. The largest absolute Gasteiger partial charge is 0.489 e. The summed E-state index contributed by atoms with van der Waals surface area (Å²) in [4.78, 5) is 0. The van der Waals surface area contributed by atoms with Crippen molar-refractivity contribution < 1.29 is 13.9 Å². The molecule has 1 aliphatic heterocycles. The molecule has 122 valence electrons. The highest BCUT2D eigenvalue weighted by Gasteiger charge is 2.14. The van der Waals surface area contributed by atoms with E-state index in [2.05, 4.69) is 11.4 Å². The van der Waals surface area contributed by atoms with E-state index in [4.69, 9.17) is 9.47 Å². The van der Waals surface area contributed by atoms with Crippen molar-refractivity contribution in [2.24, 2.45) is 0 Å². The minimum Gasteiger partial charge on any atom is -0.489 e. The normalized spacial score (nSPS) is 17.3. The molecule has 1 saturated heterocycles. The summed E-state index contributed by atoms with van der Waals surface area (Å²) in [5.41, 5.74) is 2.07. The van der Waals surface area contributed by atoms with Crippen LogP contribution < -0.4 is 10.1 Å². The van der Waals surface area contributed by atoms with Gasteiger partial charge in [0.1, 0.15) is 18.2 Å². The van der Waals surface area contributed by atoms with Gasteiger partial charge in [0, 0.05) is 25.3 Å². The van der Waals surface area contributed by atoms with E-state index in [1.165, 1.54) is 12.1 Å². The van der Waals surface area contributed by atoms with Crippen LogP contribution in [0.25, 0.3) is 0 Å². The maximum Gasteiger partial charge on any atom is 0.124 e. The first-order valence-electron chi connectivity index (χ1n) is 8.09. The average Bonchev–Trinajstić information content (AvgIpc) is 3.09. The number of benzene rings is 2. The third-order valence-electron chi connectivity index (χ3n) is 3.99. The maximum absolute atomic E-state index is 12.9. The van der Waals surface area contributed by atoms with Gasteiger partial charge in [0.15, 0.2) is 0 Å². The minimum absolute atomic E-state index is 0.229. The van der Waals surface area contributed by atoms with Crippen molar-refractivity contribution >= 4 is 0 Å². The number of halogens is 1. The summed E-state index contributed by atoms with van der Waals surface area (Å²) in [5, 5.41) is 3.44. The first-order chi connectivity index (χ1) is 11.3. The fraction of sp³-hybridized carbons (Fsp3) is 0.368. The first kappa shape index (κ1) is 16.0. The highest BCUT2D eigenvalue weighted by Crippen LogP contribution is 2.20. The van der Waals surface area contributed by atoms with Gasteiger partial charge >= 0.3 is 0 Å². The van der Waals surface area contributed by atoms with Crippen LogP contribution in [0.4, 0.5) is 4.39 Å². The van der Waals surface area contributed by atoms with Crippen LogP contribution in [0.5, 0.6) is 5.75 Å². The Hall–Kier alpha value is -1.91. The molecule has 3 nitrogen and oxygen atoms in total. The predicted molar refractivity (Wildman–Crippen MR) is 87.9 cm³/mol. The van der Waals surface area contributed by atoms with Crippen molar-refractivity contribution in [1.29, 1.82) is 0 Å². The fourth-order valence-corrected chi connectivity index (χ4v) is 2.71. The molecule has 4 heteroatoms. The first-order valence-corrected chi connectivity index (χ1v) is 8.09. The lowest BCUT2D eigenvalue weighted by Crippen LogP contribution is -2.25. The Morgan fingerprint density at radius 1 is 1.13 bits per heavy atom. The summed E-state index contributed by atoms with van der Waals surface area (Å²) in [6.45, 7) is 2.93. The second-order valence-corrected chi connectivity index (χ2v) is 5.79. The van der Waals surface area contributed by atoms with Crippen molar-refractivity contribution in [3.8, 4) is 5.75 Å². The van der Waals surface area contributed by atoms with Crippen LogP contribution in [-0.2, 0) is 17.9 Å². The molecule has 0 bridgehead atoms. The molecule has 3 rings (SSSR count). The molecule has 23 heavy (non-hydrogen) atoms. The van der Waals surface area contributed by atoms with Crippen molar-refractivity contribution in [3.05, 3.63) is 65.5 Å². The fourth-order valence-electron chi connectivity index (χ4n) is 2.71. The summed E-state index contributed by atoms with van der Waals surface area (Å²) in [6.07, 6.45) is 2.63. The minimum atomic E-state index is -0.229. The van der Waals surface area contributed by atoms with Gasteiger partial charge in [-0.1, -0.05) is 30.3 Å². The van der Waals surface area contributed by atoms with Crippen LogP contribution in [0, 0.1) is 5.82 Å². The Balaban J connectivity index is 1.53. The highest BCUT2D eigenvalue weighted by molar-refractivity contribution is 5.33. The molecular weight excluding hydrogens is 293 g/mol. The van der Waals surface area contributed by atoms with Gasteiger partial charge in [0.2, 0.25) is 0 Å². The molecule has 1 aliphatic rings. The third-order valence-corrected chi connectivity index (χ3v) is 3.99. The van der Waals surface area contributed by atoms with Gasteiger partial charge in [-0.15, -0.1) is 0 Å². The van der Waals surface area contributed by atoms with E-state index >= 15 is 0 Å². The lowest BCUT2D eigenvalue weighted by Gasteiger charge is -2.14. The zero-order chi connectivity index (χ0) is 15.9. The molecule has 0 saturated carbocycles. The Morgan fingerprint density at radius 3 is 2.74 bits per heavy atom. The van der Waals surface area contributed by atoms with Crippen molar-refractivity contribution in [2.75, 3.05) is 13.2 Å². The second kappa shape index (κ2) is 8.09. The van der Waals surface area contributed by atoms with Crippen LogP contribution in [0.3, 0.4) is 0 Å². The van der Waals surface area contributed by atoms with Crippen molar-refractivity contribution in [1.82, 2.24) is 5.32 Å². The lowest BCUT2D eigenvalue weighted by atomic mass is 10.2. The Kier molecular flexibility index (Phi) is 5.61. The highest BCUT2D eigenvalue weighted by atomic mass is 19.1. The van der Waals surface area contributed by atoms with Gasteiger partial charge in [-0.3, -0.25) is 0 Å². The smallest absolute Gasteiger partial charge is 0.124 e. The van der Waals surface area contributed by atoms with E-state index in [1.807, 2.05) is 18.2 Å². The van der Waals surface area contributed by atoms with E-state index in [0.29, 0.717) is 12.7 Å². The number of ether oxygens (including phenoxy) is 2. The molecule has 1 heterocycles. The molecule has 0 radical (unpaired) electrons. The van der Waals surface area contributed by atoms with Gasteiger partial charge in [0.05, 0.1) is 6.10 Å². The molecule has 1 fully saturated rings. The van der Waals surface area contributed by atoms with Crippen LogP contribution >= 0.6 is 0 Å². The van der Waals surface area contributed by atoms with E-state index in [9.17, 15) is 4.39 Å². The van der Waals surface area contributed by atoms with Crippen molar-refractivity contribution in [2.45, 2.75) is 32.1 Å². The third kappa shape index (κ3) is 4.78. The lowest BCUT2D eigenvalue weighted by molar-refractivity contribution is 0.110. The topological polar surface area (TPSA) is 30.5 Å². The maximum atomic E-state index is 12.9. The molecular formula is C19H22FNO2. The SMILES string of the molecule is Fc1ccc(COc2ccccc2CNCC2CCCO2)cc1. The number of hydrogen-bond acceptors (Lipinski definition) is 3. The number of para-hydroxylation sites is 1. The van der Waals surface area contributed by atoms with Gasteiger partial charge in [-0.2, -0.15) is 0 Å². The van der Waals surface area contributed by atoms with Gasteiger partial charge in [0.25, 0.3) is 0 Å². The van der Waals surface area contributed by atoms with Crippen molar-refractivity contribution in [3.63, 3.8) is 0 Å². The summed E-state index contributed by atoms with van der Waals surface area (Å²) < 4.78 is 24.4. The molecule has 0 amide bonds. The summed E-state index contributed by atoms with van der Waals surface area (Å²) >= 11 is 0. The Bertz CT molecular complexity index is 609. The van der Waals surface area contributed by atoms with Crippen LogP contribution in [0.2, 0.25) is 0 Å². The van der Waals surface area contributed by atoms with Gasteiger partial charge in [-0.25, -0.2) is 4.39 Å². The average molecular weight is 315 g/mol. The Labute approximate surface area is 136 Å². The molecule has 1 atom stereocenters. The second-order valence-electron chi connectivity index (χ2n) is 5.79. The summed E-state index contributed by atoms with van der Waals surface area (Å²) in [7, 11) is 0. The number of hydrogen-bond donors (Lipinski definition) is 1. The van der Waals surface area contributed by atoms with E-state index < -0.39 is 0 Å². The van der Waals surface area contributed by atoms with Gasteiger partial charge in [-0.05, 0) is 36.6 Å². The molecule has 2 aromatic carbocycles. The van der Waals surface area contributed by atoms with Crippen LogP contribution in [0.15, 0.2) is 48.5 Å². The zero-order valence-electron chi connectivity index (χ0n) is 13.1. The standard InChI is InChI=1S/C19H22FNO2/c20-17-9-7-15(8-10-17)14-23-19-6-2-1-4-16(19)12-21-13-18-5-3-11-22-18/h1-2,4,6-10,18,21H,3,5,11-14H2. The predicted octanol–water partition coefficient (Wildman–Crippen LogP) is 3.67. The van der Waals surface area contributed by atoms with Crippen LogP contribution in [0.1, 0.15) is 24.0 Å².